The van der Waals surface area contributed by atoms with Crippen molar-refractivity contribution in [3.63, 3.8) is 0 Å². The van der Waals surface area contributed by atoms with Gasteiger partial charge in [-0.25, -0.2) is 0 Å². The molecule has 0 spiro atoms. The van der Waals surface area contributed by atoms with Crippen molar-refractivity contribution in [2.75, 3.05) is 7.05 Å². The third-order valence-electron chi connectivity index (χ3n) is 5.67. The molecule has 1 saturated carbocycles. The molecule has 2 atom stereocenters. The fourth-order valence-electron chi connectivity index (χ4n) is 4.06. The minimum atomic E-state index is 0. The van der Waals surface area contributed by atoms with Crippen LogP contribution in [0, 0.1) is 5.92 Å². The van der Waals surface area contributed by atoms with Gasteiger partial charge in [-0.05, 0) is 43.4 Å². The lowest BCUT2D eigenvalue weighted by atomic mass is 9.75. The Morgan fingerprint density at radius 1 is 1.04 bits per heavy atom. The first kappa shape index (κ1) is 19.8. The molecule has 3 rings (SSSR count). The molecule has 1 aliphatic carbocycles. The molecule has 0 saturated heterocycles. The van der Waals surface area contributed by atoms with E-state index in [1.54, 1.807) is 0 Å². The van der Waals surface area contributed by atoms with Crippen LogP contribution in [0.5, 0.6) is 0 Å². The second-order valence-electron chi connectivity index (χ2n) is 7.04. The fraction of sp³-hybridized carbons (Fsp3) is 0.391. The third-order valence-corrected chi connectivity index (χ3v) is 5.67. The highest BCUT2D eigenvalue weighted by atomic mass is 35.5. The van der Waals surface area contributed by atoms with Crippen molar-refractivity contribution in [3.8, 4) is 0 Å². The van der Waals surface area contributed by atoms with Crippen molar-refractivity contribution in [3.05, 3.63) is 77.9 Å². The summed E-state index contributed by atoms with van der Waals surface area (Å²) in [6.07, 6.45) is 8.45. The Bertz CT molecular complexity index is 663. The summed E-state index contributed by atoms with van der Waals surface area (Å²) in [6.45, 7) is 4.70. The summed E-state index contributed by atoms with van der Waals surface area (Å²) in [7, 11) is 2.32. The highest BCUT2D eigenvalue weighted by Crippen LogP contribution is 2.44. The summed E-state index contributed by atoms with van der Waals surface area (Å²) in [5.74, 6) is 0.440. The number of halogens is 1. The summed E-state index contributed by atoms with van der Waals surface area (Å²) >= 11 is 0. The molecular formula is C23H30ClN. The second-order valence-corrected chi connectivity index (χ2v) is 7.04. The second kappa shape index (κ2) is 8.69. The lowest BCUT2D eigenvalue weighted by molar-refractivity contribution is 0.0656. The van der Waals surface area contributed by atoms with Gasteiger partial charge in [-0.3, -0.25) is 4.90 Å². The number of benzene rings is 2. The van der Waals surface area contributed by atoms with Gasteiger partial charge < -0.3 is 0 Å². The molecule has 0 aliphatic heterocycles. The first-order valence-corrected chi connectivity index (χ1v) is 9.20. The number of hydrogen-bond donors (Lipinski definition) is 0. The molecule has 25 heavy (non-hydrogen) atoms. The van der Waals surface area contributed by atoms with Gasteiger partial charge in [0.1, 0.15) is 0 Å². The normalized spacial score (nSPS) is 17.9. The number of rotatable bonds is 7. The van der Waals surface area contributed by atoms with Crippen molar-refractivity contribution in [2.24, 2.45) is 5.92 Å². The Kier molecular flexibility index (Phi) is 6.87. The Morgan fingerprint density at radius 2 is 1.60 bits per heavy atom. The largest absolute Gasteiger partial charge is 0.293 e. The van der Waals surface area contributed by atoms with Gasteiger partial charge in [0.2, 0.25) is 0 Å². The molecule has 0 aromatic heterocycles. The Labute approximate surface area is 159 Å². The summed E-state index contributed by atoms with van der Waals surface area (Å²) in [5.41, 5.74) is 2.77. The predicted molar refractivity (Wildman–Crippen MR) is 111 cm³/mol. The van der Waals surface area contributed by atoms with Gasteiger partial charge in [0.05, 0.1) is 5.54 Å². The molecule has 0 amide bonds. The molecule has 1 nitrogen and oxygen atoms in total. The molecule has 134 valence electrons. The number of nitrogens with zero attached hydrogens (tertiary/aromatic N) is 1. The van der Waals surface area contributed by atoms with Crippen molar-refractivity contribution in [1.82, 2.24) is 4.90 Å². The van der Waals surface area contributed by atoms with Gasteiger partial charge >= 0.3 is 0 Å². The fourth-order valence-corrected chi connectivity index (χ4v) is 4.06. The molecule has 2 aromatic rings. The topological polar surface area (TPSA) is 3.24 Å². The van der Waals surface area contributed by atoms with E-state index >= 15 is 0 Å². The van der Waals surface area contributed by atoms with Crippen LogP contribution >= 0.6 is 12.4 Å². The summed E-state index contributed by atoms with van der Waals surface area (Å²) < 4.78 is 0. The molecule has 0 N–H and O–H groups in total. The molecule has 1 fully saturated rings. The maximum Gasteiger partial charge on any atom is 0.0517 e. The van der Waals surface area contributed by atoms with Crippen LogP contribution in [0.1, 0.15) is 44.2 Å². The van der Waals surface area contributed by atoms with E-state index in [-0.39, 0.29) is 17.9 Å². The Morgan fingerprint density at radius 3 is 2.12 bits per heavy atom. The van der Waals surface area contributed by atoms with Gasteiger partial charge in [-0.15, -0.1) is 12.4 Å². The van der Waals surface area contributed by atoms with Gasteiger partial charge in [0.25, 0.3) is 0 Å². The zero-order valence-electron chi connectivity index (χ0n) is 15.6. The van der Waals surface area contributed by atoms with E-state index in [0.29, 0.717) is 5.92 Å². The predicted octanol–water partition coefficient (Wildman–Crippen LogP) is 6.16. The standard InChI is InChI=1S/C23H29N.ClH/c1-4-23(24(3)22-17-18-22,21-13-9-6-10-14-21)19(2)15-16-20-11-7-5-8-12-20;/h5-16,19,22H,4,17-18H2,1-3H3;1H. The first-order valence-electron chi connectivity index (χ1n) is 9.20. The monoisotopic (exact) mass is 355 g/mol. The van der Waals surface area contributed by atoms with E-state index < -0.39 is 0 Å². The SMILES string of the molecule is CCC(c1ccccc1)(C(C)C=Cc1ccccc1)N(C)C1CC1.Cl. The minimum absolute atomic E-state index is 0. The van der Waals surface area contributed by atoms with E-state index in [1.807, 2.05) is 0 Å². The van der Waals surface area contributed by atoms with Crippen LogP contribution in [0.4, 0.5) is 0 Å². The van der Waals surface area contributed by atoms with E-state index in [4.69, 9.17) is 0 Å². The summed E-state index contributed by atoms with van der Waals surface area (Å²) in [6, 6.07) is 22.4. The quantitative estimate of drug-likeness (QED) is 0.575. The highest BCUT2D eigenvalue weighted by Gasteiger charge is 2.44. The van der Waals surface area contributed by atoms with Crippen molar-refractivity contribution in [2.45, 2.75) is 44.7 Å². The van der Waals surface area contributed by atoms with Crippen LogP contribution in [0.15, 0.2) is 66.7 Å². The molecule has 0 bridgehead atoms. The van der Waals surface area contributed by atoms with Crippen molar-refractivity contribution < 1.29 is 0 Å². The van der Waals surface area contributed by atoms with Crippen molar-refractivity contribution in [1.29, 1.82) is 0 Å². The van der Waals surface area contributed by atoms with E-state index in [9.17, 15) is 0 Å². The van der Waals surface area contributed by atoms with Crippen LogP contribution in [0.2, 0.25) is 0 Å². The van der Waals surface area contributed by atoms with Crippen LogP contribution < -0.4 is 0 Å². The van der Waals surface area contributed by atoms with E-state index in [1.165, 1.54) is 24.0 Å². The van der Waals surface area contributed by atoms with Gasteiger partial charge in [-0.1, -0.05) is 86.7 Å². The Balaban J connectivity index is 0.00000225. The average Bonchev–Trinajstić information content (AvgIpc) is 3.48. The lowest BCUT2D eigenvalue weighted by Gasteiger charge is -2.46. The molecular weight excluding hydrogens is 326 g/mol. The van der Waals surface area contributed by atoms with Crippen LogP contribution in [0.3, 0.4) is 0 Å². The maximum atomic E-state index is 2.64. The smallest absolute Gasteiger partial charge is 0.0517 e. The molecule has 0 radical (unpaired) electrons. The lowest BCUT2D eigenvalue weighted by Crippen LogP contribution is -2.49. The Hall–Kier alpha value is -1.57. The van der Waals surface area contributed by atoms with E-state index in [2.05, 4.69) is 98.6 Å². The van der Waals surface area contributed by atoms with Gasteiger partial charge in [-0.2, -0.15) is 0 Å². The van der Waals surface area contributed by atoms with Gasteiger partial charge in [0.15, 0.2) is 0 Å². The zero-order valence-corrected chi connectivity index (χ0v) is 16.4. The third kappa shape index (κ3) is 4.16. The zero-order chi connectivity index (χ0) is 17.0. The maximum absolute atomic E-state index is 2.64. The number of hydrogen-bond acceptors (Lipinski definition) is 1. The van der Waals surface area contributed by atoms with E-state index in [0.717, 1.165) is 12.5 Å². The average molecular weight is 356 g/mol. The molecule has 0 heterocycles. The summed E-state index contributed by atoms with van der Waals surface area (Å²) in [5, 5.41) is 0. The van der Waals surface area contributed by atoms with Crippen LogP contribution in [0.25, 0.3) is 6.08 Å². The van der Waals surface area contributed by atoms with Gasteiger partial charge in [0, 0.05) is 6.04 Å². The molecule has 2 unspecified atom stereocenters. The summed E-state index contributed by atoms with van der Waals surface area (Å²) in [4.78, 5) is 2.64. The van der Waals surface area contributed by atoms with Crippen LogP contribution in [-0.2, 0) is 5.54 Å². The molecule has 2 aromatic carbocycles. The highest BCUT2D eigenvalue weighted by molar-refractivity contribution is 5.85. The molecule has 1 aliphatic rings. The van der Waals surface area contributed by atoms with Crippen molar-refractivity contribution >= 4 is 18.5 Å². The molecule has 2 heteroatoms. The van der Waals surface area contributed by atoms with Crippen LogP contribution in [-0.4, -0.2) is 18.0 Å². The minimum Gasteiger partial charge on any atom is -0.293 e. The first-order chi connectivity index (χ1) is 11.7.